The Kier molecular flexibility index (Phi) is 34.4. The maximum Gasteiger partial charge on any atom is 0.420 e. The number of ketones is 2. The number of benzene rings is 1. The van der Waals surface area contributed by atoms with Crippen LogP contribution in [-0.2, 0) is 77.9 Å². The second kappa shape index (κ2) is 44.3. The van der Waals surface area contributed by atoms with Crippen LogP contribution in [0.3, 0.4) is 0 Å². The fourth-order valence-corrected chi connectivity index (χ4v) is 14.8. The Morgan fingerprint density at radius 2 is 0.746 bits per heavy atom. The average molecular weight is 1850 g/mol. The molecule has 14 aromatic heterocycles. The average Bonchev–Trinajstić information content (AvgIpc) is 1.65. The van der Waals surface area contributed by atoms with E-state index in [1.54, 1.807) is 82.6 Å². The number of hydrogen-bond acceptors (Lipinski definition) is 23. The van der Waals surface area contributed by atoms with Crippen molar-refractivity contribution in [3.63, 3.8) is 0 Å². The molecule has 0 bridgehead atoms. The van der Waals surface area contributed by atoms with Gasteiger partial charge in [0.05, 0.1) is 17.3 Å². The standard InChI is InChI=1S/C27H30N4O3.C18H22N4O2.C18H22N2O4.C15H21N3O2.C13H15ClN2O2.C10H13N3.CH4/c1-18-23(19(2)31(29-18)24(32)14-13-20-10-7-6-8-11-20)16-21-17-30(26(33)34-27(3,4)5)25-22(21)12-9-15-28-25;1-11-15(12(2)21-20-11)9-13-10-22(17(23)24-18(3,4)5)16-14(13)7-6-8-19-16;1-11(21)15(12(2)22)9-13-10-20(17(23)24-18(3,4)5)16-14(13)7-6-8-19-16;1-15(2,3)20-14(19)18-10-11(9-17(4)5)12-7-6-8-16-13(12)18;1-13(2,3)18-12(17)16-8-9(7-14)10-5-4-6-15-11(10)16;1-13(2)7-8-6-12-10-9(8)4-3-5-11-10;/h6-12,15,17H,13-14,16H2,1-5H3;6-8,10H,9H2,1-5H3,(H,20,21);6-8,10,15H,9H2,1-5H3;6-8,10H,9H2,1-5H3;4-6,8H,7H2,1-3H3;3-6H,7H2,1-2H3,(H,11,12);1H4. The number of aromatic amines is 2. The molecule has 0 aliphatic rings. The molecule has 32 heteroatoms. The first-order valence-electron chi connectivity index (χ1n) is 43.8. The normalized spacial score (nSPS) is 11.7. The third kappa shape index (κ3) is 27.7. The quantitative estimate of drug-likeness (QED) is 0.0515. The highest BCUT2D eigenvalue weighted by Crippen LogP contribution is 2.32. The molecule has 0 radical (unpaired) electrons. The van der Waals surface area contributed by atoms with Gasteiger partial charge in [0, 0.05) is 167 Å². The van der Waals surface area contributed by atoms with E-state index in [9.17, 15) is 38.4 Å². The number of H-pyrrole nitrogens is 2. The molecule has 15 rings (SSSR count). The zero-order valence-electron chi connectivity index (χ0n) is 80.8. The Morgan fingerprint density at radius 1 is 0.410 bits per heavy atom. The molecule has 0 aliphatic heterocycles. The highest BCUT2D eigenvalue weighted by Gasteiger charge is 2.30. The third-order valence-electron chi connectivity index (χ3n) is 20.4. The lowest BCUT2D eigenvalue weighted by Gasteiger charge is -2.19. The number of nitrogens with zero attached hydrogens (tertiary/aromatic N) is 16. The summed E-state index contributed by atoms with van der Waals surface area (Å²) >= 11 is 5.86. The first kappa shape index (κ1) is 104. The number of carbonyl (C=O) groups is 8. The van der Waals surface area contributed by atoms with E-state index in [0.29, 0.717) is 59.8 Å². The van der Waals surface area contributed by atoms with Crippen LogP contribution in [-0.4, -0.2) is 192 Å². The third-order valence-corrected chi connectivity index (χ3v) is 20.7. The minimum absolute atomic E-state index is 0. The van der Waals surface area contributed by atoms with Crippen LogP contribution in [0.1, 0.15) is 209 Å². The Balaban J connectivity index is 0.000000184. The molecule has 0 amide bonds. The molecular formula is C102H127ClN18O13. The van der Waals surface area contributed by atoms with Crippen molar-refractivity contribution < 1.29 is 62.0 Å². The molecule has 0 atom stereocenters. The lowest BCUT2D eigenvalue weighted by atomic mass is 9.93. The monoisotopic (exact) mass is 1850 g/mol. The number of hydrogen-bond donors (Lipinski definition) is 2. The van der Waals surface area contributed by atoms with Gasteiger partial charge in [-0.25, -0.2) is 81.4 Å². The van der Waals surface area contributed by atoms with Gasteiger partial charge in [-0.15, -0.1) is 11.6 Å². The number of rotatable bonds is 16. The van der Waals surface area contributed by atoms with Gasteiger partial charge >= 0.3 is 30.5 Å². The van der Waals surface area contributed by atoms with Crippen LogP contribution in [0, 0.1) is 33.6 Å². The van der Waals surface area contributed by atoms with Crippen LogP contribution in [0.15, 0.2) is 177 Å². The summed E-state index contributed by atoms with van der Waals surface area (Å²) in [7, 11) is 8.12. The maximum absolute atomic E-state index is 12.9. The van der Waals surface area contributed by atoms with Crippen molar-refractivity contribution in [2.24, 2.45) is 5.92 Å². The van der Waals surface area contributed by atoms with Gasteiger partial charge in [0.1, 0.15) is 73.5 Å². The second-order valence-electron chi connectivity index (χ2n) is 37.9. The van der Waals surface area contributed by atoms with Crippen LogP contribution >= 0.6 is 11.6 Å². The van der Waals surface area contributed by atoms with Crippen LogP contribution in [0.5, 0.6) is 0 Å². The molecule has 1 aromatic carbocycles. The highest BCUT2D eigenvalue weighted by atomic mass is 35.5. The molecule has 134 heavy (non-hydrogen) atoms. The van der Waals surface area contributed by atoms with E-state index in [1.165, 1.54) is 52.3 Å². The van der Waals surface area contributed by atoms with Crippen molar-refractivity contribution >= 4 is 126 Å². The van der Waals surface area contributed by atoms with Crippen molar-refractivity contribution in [2.75, 3.05) is 28.2 Å². The number of ether oxygens (including phenoxy) is 5. The van der Waals surface area contributed by atoms with Gasteiger partial charge in [0.15, 0.2) is 0 Å². The number of aromatic nitrogens is 16. The molecule has 0 aliphatic carbocycles. The number of Topliss-reactive ketones (excluding diaryl/α,β-unsaturated/α-hetero) is 2. The summed E-state index contributed by atoms with van der Waals surface area (Å²) < 4.78 is 35.9. The van der Waals surface area contributed by atoms with Crippen molar-refractivity contribution in [2.45, 2.75) is 232 Å². The predicted molar refractivity (Wildman–Crippen MR) is 523 cm³/mol. The Hall–Kier alpha value is -13.7. The summed E-state index contributed by atoms with van der Waals surface area (Å²) in [6.07, 6.45) is 21.0. The summed E-state index contributed by atoms with van der Waals surface area (Å²) in [4.78, 5) is 132. The summed E-state index contributed by atoms with van der Waals surface area (Å²) in [5.74, 6) is -0.802. The number of alkyl halides is 1. The Bertz CT molecular complexity index is 6630. The Labute approximate surface area is 787 Å². The molecule has 0 fully saturated rings. The zero-order chi connectivity index (χ0) is 97.5. The molecule has 14 heterocycles. The van der Waals surface area contributed by atoms with Gasteiger partial charge in [0.2, 0.25) is 5.91 Å². The van der Waals surface area contributed by atoms with Gasteiger partial charge in [-0.1, -0.05) is 37.8 Å². The molecule has 2 N–H and O–H groups in total. The van der Waals surface area contributed by atoms with Gasteiger partial charge < -0.3 is 38.5 Å². The van der Waals surface area contributed by atoms with Crippen LogP contribution < -0.4 is 0 Å². The Morgan fingerprint density at radius 3 is 1.11 bits per heavy atom. The number of halogens is 1. The molecule has 710 valence electrons. The van der Waals surface area contributed by atoms with Gasteiger partial charge in [-0.2, -0.15) is 10.2 Å². The van der Waals surface area contributed by atoms with E-state index < -0.39 is 64.4 Å². The van der Waals surface area contributed by atoms with E-state index in [4.69, 9.17) is 35.3 Å². The molecule has 0 saturated carbocycles. The first-order chi connectivity index (χ1) is 62.5. The number of aryl methyl sites for hydroxylation is 4. The number of pyridine rings is 6. The predicted octanol–water partition coefficient (Wildman–Crippen LogP) is 21.1. The number of carbonyl (C=O) groups excluding carboxylic acids is 8. The molecule has 15 aromatic rings. The molecule has 31 nitrogen and oxygen atoms in total. The molecular weight excluding hydrogens is 1720 g/mol. The SMILES string of the molecule is C.CC(=O)C(Cc1cn(C(=O)OC(C)(C)C)c2ncccc12)C(C)=O.CC(C)(C)OC(=O)n1cc(CCl)c2cccnc21.CN(C)Cc1c[nH]c2ncccc12.CN(C)Cc1cn(C(=O)OC(C)(C)C)c2ncccc12.Cc1n[nH]c(C)c1Cc1cn(C(=O)OC(C)(C)C)c2ncccc12.Cc1nn(C(=O)CCc2ccccc2)c(C)c1Cc1cn(C(=O)OC(C)(C)C)c2ncccc12. The molecule has 0 spiro atoms. The maximum atomic E-state index is 12.9. The number of nitrogens with one attached hydrogen (secondary N) is 2. The van der Waals surface area contributed by atoms with Crippen LogP contribution in [0.25, 0.3) is 66.2 Å². The van der Waals surface area contributed by atoms with Crippen molar-refractivity contribution in [1.82, 2.24) is 87.5 Å². The lowest BCUT2D eigenvalue weighted by molar-refractivity contribution is -0.130. The van der Waals surface area contributed by atoms with E-state index in [1.807, 2.05) is 234 Å². The zero-order valence-corrected chi connectivity index (χ0v) is 81.6. The van der Waals surface area contributed by atoms with Gasteiger partial charge in [-0.05, 0) is 298 Å². The fourth-order valence-electron chi connectivity index (χ4n) is 14.6. The summed E-state index contributed by atoms with van der Waals surface area (Å²) in [5.41, 5.74) is 13.7. The number of fused-ring (bicyclic) bond motifs is 6. The summed E-state index contributed by atoms with van der Waals surface area (Å²) in [6.45, 7) is 39.7. The van der Waals surface area contributed by atoms with E-state index in [0.717, 1.165) is 113 Å². The van der Waals surface area contributed by atoms with E-state index in [2.05, 4.69) is 80.1 Å². The van der Waals surface area contributed by atoms with Gasteiger partial charge in [-0.3, -0.25) is 19.5 Å². The minimum atomic E-state index is -0.720. The van der Waals surface area contributed by atoms with E-state index >= 15 is 0 Å². The largest absolute Gasteiger partial charge is 0.443 e. The highest BCUT2D eigenvalue weighted by molar-refractivity contribution is 6.18. The molecule has 0 saturated heterocycles. The van der Waals surface area contributed by atoms with Crippen molar-refractivity contribution in [3.8, 4) is 0 Å². The van der Waals surface area contributed by atoms with Crippen LogP contribution in [0.4, 0.5) is 24.0 Å². The summed E-state index contributed by atoms with van der Waals surface area (Å²) in [5, 5.41) is 17.4. The second-order valence-corrected chi connectivity index (χ2v) is 38.2. The van der Waals surface area contributed by atoms with E-state index in [-0.39, 0.29) is 31.3 Å². The van der Waals surface area contributed by atoms with Gasteiger partial charge in [0.25, 0.3) is 0 Å². The minimum Gasteiger partial charge on any atom is -0.443 e. The first-order valence-corrected chi connectivity index (χ1v) is 44.3. The van der Waals surface area contributed by atoms with Crippen molar-refractivity contribution in [3.05, 3.63) is 250 Å². The fraction of sp³-hybridized carbons (Fsp3) is 0.392. The molecule has 0 unspecified atom stereocenters. The lowest BCUT2D eigenvalue weighted by Crippen LogP contribution is -2.27. The smallest absolute Gasteiger partial charge is 0.420 e. The van der Waals surface area contributed by atoms with Crippen LogP contribution in [0.2, 0.25) is 0 Å². The topological polar surface area (TPSA) is 353 Å². The summed E-state index contributed by atoms with van der Waals surface area (Å²) in [6, 6.07) is 32.8. The van der Waals surface area contributed by atoms with Crippen molar-refractivity contribution in [1.29, 1.82) is 0 Å².